The summed E-state index contributed by atoms with van der Waals surface area (Å²) in [4.78, 5) is 15.3. The van der Waals surface area contributed by atoms with Gasteiger partial charge in [-0.15, -0.1) is 0 Å². The first-order chi connectivity index (χ1) is 15.4. The van der Waals surface area contributed by atoms with Crippen molar-refractivity contribution >= 4 is 28.9 Å². The van der Waals surface area contributed by atoms with Crippen molar-refractivity contribution in [2.75, 3.05) is 16.8 Å². The number of anilines is 3. The summed E-state index contributed by atoms with van der Waals surface area (Å²) in [5.41, 5.74) is 9.56. The van der Waals surface area contributed by atoms with Crippen LogP contribution in [0.5, 0.6) is 0 Å². The molecular weight excluding hydrogens is 426 g/mol. The van der Waals surface area contributed by atoms with Crippen LogP contribution in [-0.2, 0) is 12.7 Å². The van der Waals surface area contributed by atoms with Crippen LogP contribution in [0.15, 0.2) is 30.9 Å². The normalized spacial score (nSPS) is 20.8. The van der Waals surface area contributed by atoms with Crippen molar-refractivity contribution in [1.29, 1.82) is 5.26 Å². The first-order valence-electron chi connectivity index (χ1n) is 10.6. The van der Waals surface area contributed by atoms with Gasteiger partial charge in [-0.3, -0.25) is 9.67 Å². The third-order valence-corrected chi connectivity index (χ3v) is 6.37. The number of hydrogen-bond donors (Lipinski definition) is 2. The molecule has 4 heterocycles. The molecular formula is C22H26ClN9. The summed E-state index contributed by atoms with van der Waals surface area (Å²) in [6.45, 7) is 4.70. The second-order valence-electron chi connectivity index (χ2n) is 8.05. The summed E-state index contributed by atoms with van der Waals surface area (Å²) in [5, 5.41) is 17.6. The highest BCUT2D eigenvalue weighted by molar-refractivity contribution is 6.31. The van der Waals surface area contributed by atoms with Gasteiger partial charge in [-0.25, -0.2) is 9.97 Å². The Labute approximate surface area is 192 Å². The Bertz CT molecular complexity index is 1170. The average Bonchev–Trinajstić information content (AvgIpc) is 3.11. The van der Waals surface area contributed by atoms with E-state index in [2.05, 4.69) is 38.3 Å². The minimum atomic E-state index is -1.01. The minimum Gasteiger partial charge on any atom is -0.347 e. The van der Waals surface area contributed by atoms with Crippen LogP contribution in [0, 0.1) is 24.2 Å². The number of aromatic nitrogens is 5. The molecule has 1 aliphatic rings. The van der Waals surface area contributed by atoms with Gasteiger partial charge in [0.1, 0.15) is 17.4 Å². The molecule has 0 radical (unpaired) electrons. The molecule has 2 unspecified atom stereocenters. The average molecular weight is 452 g/mol. The monoisotopic (exact) mass is 451 g/mol. The highest BCUT2D eigenvalue weighted by atomic mass is 35.5. The summed E-state index contributed by atoms with van der Waals surface area (Å²) in [6, 6.07) is 4.06. The Balaban J connectivity index is 1.83. The summed E-state index contributed by atoms with van der Waals surface area (Å²) in [5.74, 6) is 0.470. The summed E-state index contributed by atoms with van der Waals surface area (Å²) in [6.07, 6.45) is 9.39. The third-order valence-electron chi connectivity index (χ3n) is 6.09. The molecule has 3 N–H and O–H groups in total. The summed E-state index contributed by atoms with van der Waals surface area (Å²) in [7, 11) is 1.86. The molecule has 4 rings (SSSR count). The number of pyridine rings is 1. The largest absolute Gasteiger partial charge is 0.347 e. The van der Waals surface area contributed by atoms with Gasteiger partial charge in [-0.2, -0.15) is 10.4 Å². The highest BCUT2D eigenvalue weighted by Crippen LogP contribution is 2.44. The zero-order valence-electron chi connectivity index (χ0n) is 18.4. The number of nitrogens with two attached hydrogens (primary N) is 1. The van der Waals surface area contributed by atoms with Crippen molar-refractivity contribution in [3.63, 3.8) is 0 Å². The second-order valence-corrected chi connectivity index (χ2v) is 8.45. The fourth-order valence-electron chi connectivity index (χ4n) is 4.54. The lowest BCUT2D eigenvalue weighted by atomic mass is 9.79. The lowest BCUT2D eigenvalue weighted by Gasteiger charge is -2.50. The van der Waals surface area contributed by atoms with E-state index in [0.29, 0.717) is 28.8 Å². The number of nitriles is 1. The number of aryl methyl sites for hydroxylation is 2. The van der Waals surface area contributed by atoms with Crippen LogP contribution in [0.3, 0.4) is 0 Å². The van der Waals surface area contributed by atoms with Crippen molar-refractivity contribution < 1.29 is 0 Å². The van der Waals surface area contributed by atoms with Gasteiger partial charge in [0.15, 0.2) is 0 Å². The van der Waals surface area contributed by atoms with Gasteiger partial charge in [0.25, 0.3) is 0 Å². The molecule has 0 aliphatic carbocycles. The number of rotatable bonds is 5. The fraction of sp³-hybridized carbons (Fsp3) is 0.409. The maximum atomic E-state index is 9.68. The quantitative estimate of drug-likeness (QED) is 0.603. The van der Waals surface area contributed by atoms with Gasteiger partial charge in [-0.05, 0) is 32.3 Å². The van der Waals surface area contributed by atoms with Gasteiger partial charge < -0.3 is 16.0 Å². The number of piperidine rings is 1. The number of halogens is 1. The van der Waals surface area contributed by atoms with E-state index in [1.165, 1.54) is 0 Å². The van der Waals surface area contributed by atoms with Crippen molar-refractivity contribution in [2.24, 2.45) is 18.7 Å². The Morgan fingerprint density at radius 3 is 2.91 bits per heavy atom. The maximum Gasteiger partial charge on any atom is 0.227 e. The molecule has 0 saturated carbocycles. The van der Waals surface area contributed by atoms with Gasteiger partial charge >= 0.3 is 0 Å². The number of nitrogens with zero attached hydrogens (tertiary/aromatic N) is 7. The van der Waals surface area contributed by atoms with Crippen LogP contribution >= 0.6 is 11.6 Å². The molecule has 1 aliphatic heterocycles. The topological polar surface area (TPSA) is 122 Å². The lowest BCUT2D eigenvalue weighted by Crippen LogP contribution is -2.62. The first-order valence-corrected chi connectivity index (χ1v) is 11.0. The zero-order valence-corrected chi connectivity index (χ0v) is 19.1. The van der Waals surface area contributed by atoms with Crippen LogP contribution in [0.1, 0.15) is 43.1 Å². The van der Waals surface area contributed by atoms with Crippen molar-refractivity contribution in [3.05, 3.63) is 52.8 Å². The maximum absolute atomic E-state index is 9.68. The van der Waals surface area contributed by atoms with Crippen LogP contribution in [-0.4, -0.2) is 31.3 Å². The van der Waals surface area contributed by atoms with E-state index in [0.717, 1.165) is 36.3 Å². The molecule has 0 bridgehead atoms. The minimum absolute atomic E-state index is 0.0799. The smallest absolute Gasteiger partial charge is 0.227 e. The Morgan fingerprint density at radius 1 is 1.41 bits per heavy atom. The first kappa shape index (κ1) is 22.0. The molecule has 3 aromatic heterocycles. The lowest BCUT2D eigenvalue weighted by molar-refractivity contribution is 0.194. The van der Waals surface area contributed by atoms with Crippen LogP contribution in [0.25, 0.3) is 0 Å². The van der Waals surface area contributed by atoms with Crippen molar-refractivity contribution in [3.8, 4) is 6.07 Å². The SMILES string of the molecule is CCC1CCCN(c2ccncc2C#N)C1(N)c1nc(Nc2cn(C)nc2C)ncc1Cl. The molecule has 32 heavy (non-hydrogen) atoms. The highest BCUT2D eigenvalue weighted by Gasteiger charge is 2.47. The summed E-state index contributed by atoms with van der Waals surface area (Å²) >= 11 is 6.65. The molecule has 1 fully saturated rings. The van der Waals surface area contributed by atoms with E-state index in [9.17, 15) is 5.26 Å². The Kier molecular flexibility index (Phi) is 6.00. The Hall–Kier alpha value is -3.22. The number of hydrogen-bond acceptors (Lipinski definition) is 8. The van der Waals surface area contributed by atoms with Crippen LogP contribution < -0.4 is 16.0 Å². The molecule has 3 aromatic rings. The third kappa shape index (κ3) is 3.76. The van der Waals surface area contributed by atoms with E-state index >= 15 is 0 Å². The van der Waals surface area contributed by atoms with Crippen molar-refractivity contribution in [1.82, 2.24) is 24.7 Å². The van der Waals surface area contributed by atoms with Crippen LogP contribution in [0.2, 0.25) is 5.02 Å². The van der Waals surface area contributed by atoms with E-state index < -0.39 is 5.66 Å². The van der Waals surface area contributed by atoms with E-state index in [-0.39, 0.29) is 5.92 Å². The number of nitrogens with one attached hydrogen (secondary N) is 1. The molecule has 9 nitrogen and oxygen atoms in total. The van der Waals surface area contributed by atoms with E-state index in [1.807, 2.05) is 26.2 Å². The van der Waals surface area contributed by atoms with E-state index in [4.69, 9.17) is 22.3 Å². The summed E-state index contributed by atoms with van der Waals surface area (Å²) < 4.78 is 1.72. The fourth-order valence-corrected chi connectivity index (χ4v) is 4.78. The molecule has 166 valence electrons. The Morgan fingerprint density at radius 2 is 2.22 bits per heavy atom. The predicted octanol–water partition coefficient (Wildman–Crippen LogP) is 3.62. The van der Waals surface area contributed by atoms with Crippen molar-refractivity contribution in [2.45, 2.75) is 38.8 Å². The molecule has 2 atom stereocenters. The molecule has 0 aromatic carbocycles. The van der Waals surface area contributed by atoms with Gasteiger partial charge in [0, 0.05) is 38.1 Å². The molecule has 0 spiro atoms. The second kappa shape index (κ2) is 8.73. The van der Waals surface area contributed by atoms with Gasteiger partial charge in [-0.1, -0.05) is 18.5 Å². The van der Waals surface area contributed by atoms with E-state index in [1.54, 1.807) is 23.3 Å². The molecule has 10 heteroatoms. The van der Waals surface area contributed by atoms with Crippen LogP contribution in [0.4, 0.5) is 17.3 Å². The van der Waals surface area contributed by atoms with Gasteiger partial charge in [0.2, 0.25) is 5.95 Å². The van der Waals surface area contributed by atoms with Gasteiger partial charge in [0.05, 0.1) is 33.9 Å². The standard InChI is InChI=1S/C22H26ClN9/c1-4-16-6-5-9-32(19-7-8-26-11-15(19)10-24)22(16,25)20-17(23)12-27-21(29-20)28-18-13-31(3)30-14(18)2/h7-8,11-13,16H,4-6,9,25H2,1-3H3,(H,27,28,29). The molecule has 1 saturated heterocycles. The zero-order chi connectivity index (χ0) is 22.9. The predicted molar refractivity (Wildman–Crippen MR) is 123 cm³/mol. The molecule has 0 amide bonds.